The van der Waals surface area contributed by atoms with E-state index in [2.05, 4.69) is 14.9 Å². The van der Waals surface area contributed by atoms with Crippen molar-refractivity contribution in [2.24, 2.45) is 9.98 Å². The Morgan fingerprint density at radius 2 is 2.17 bits per heavy atom. The van der Waals surface area contributed by atoms with Crippen LogP contribution in [0.1, 0.15) is 19.3 Å². The molecule has 23 heavy (non-hydrogen) atoms. The van der Waals surface area contributed by atoms with Crippen molar-refractivity contribution in [1.82, 2.24) is 4.90 Å². The van der Waals surface area contributed by atoms with Crippen LogP contribution in [0.25, 0.3) is 0 Å². The van der Waals surface area contributed by atoms with Crippen LogP contribution in [0.3, 0.4) is 0 Å². The number of amidine groups is 1. The van der Waals surface area contributed by atoms with Crippen LogP contribution >= 0.6 is 0 Å². The van der Waals surface area contributed by atoms with Gasteiger partial charge in [0.05, 0.1) is 30.5 Å². The standard InChI is InChI=1S/C15H21N3O4S/c1-23(19,20)15(3-2-4-15)12-7-16-10-17-14-13(12)22-9-11-8-21-6-5-18(11)14/h10-11H,2-9H2,1H3/t11-/m0/s1. The molecule has 1 aliphatic carbocycles. The number of morpholine rings is 2. The Hall–Kier alpha value is -1.41. The maximum absolute atomic E-state index is 12.5. The fourth-order valence-electron chi connectivity index (χ4n) is 3.85. The Labute approximate surface area is 136 Å². The van der Waals surface area contributed by atoms with E-state index in [1.807, 2.05) is 0 Å². The molecule has 0 aromatic heterocycles. The Morgan fingerprint density at radius 3 is 2.87 bits per heavy atom. The molecule has 4 aliphatic rings. The molecule has 0 bridgehead atoms. The zero-order valence-electron chi connectivity index (χ0n) is 13.2. The zero-order chi connectivity index (χ0) is 16.1. The molecule has 2 saturated heterocycles. The van der Waals surface area contributed by atoms with Crippen LogP contribution in [0.5, 0.6) is 0 Å². The van der Waals surface area contributed by atoms with E-state index in [1.54, 1.807) is 0 Å². The summed E-state index contributed by atoms with van der Waals surface area (Å²) in [6.45, 7) is 2.83. The Balaban J connectivity index is 1.82. The van der Waals surface area contributed by atoms with Gasteiger partial charge in [0, 0.05) is 18.4 Å². The third kappa shape index (κ3) is 2.22. The van der Waals surface area contributed by atoms with Crippen LogP contribution in [0.4, 0.5) is 0 Å². The number of hydrogen-bond acceptors (Lipinski definition) is 7. The second kappa shape index (κ2) is 5.31. The number of fused-ring (bicyclic) bond motifs is 3. The highest BCUT2D eigenvalue weighted by molar-refractivity contribution is 7.92. The van der Waals surface area contributed by atoms with E-state index >= 15 is 0 Å². The first-order valence-electron chi connectivity index (χ1n) is 8.00. The van der Waals surface area contributed by atoms with Crippen LogP contribution in [0, 0.1) is 0 Å². The van der Waals surface area contributed by atoms with Crippen molar-refractivity contribution in [3.05, 3.63) is 11.3 Å². The summed E-state index contributed by atoms with van der Waals surface area (Å²) < 4.78 is 35.7. The van der Waals surface area contributed by atoms with Crippen molar-refractivity contribution >= 4 is 22.0 Å². The van der Waals surface area contributed by atoms with Crippen LogP contribution < -0.4 is 0 Å². The number of rotatable bonds is 2. The van der Waals surface area contributed by atoms with Gasteiger partial charge in [0.2, 0.25) is 0 Å². The highest BCUT2D eigenvalue weighted by atomic mass is 32.2. The van der Waals surface area contributed by atoms with E-state index in [4.69, 9.17) is 9.47 Å². The maximum Gasteiger partial charge on any atom is 0.173 e. The molecule has 0 aromatic carbocycles. The van der Waals surface area contributed by atoms with Crippen LogP contribution in [0.2, 0.25) is 0 Å². The van der Waals surface area contributed by atoms with Gasteiger partial charge in [-0.05, 0) is 19.3 Å². The number of nitrogens with zero attached hydrogens (tertiary/aromatic N) is 3. The minimum absolute atomic E-state index is 0.134. The summed E-state index contributed by atoms with van der Waals surface area (Å²) in [7, 11) is -3.23. The van der Waals surface area contributed by atoms with Crippen molar-refractivity contribution < 1.29 is 17.9 Å². The lowest BCUT2D eigenvalue weighted by Gasteiger charge is -2.46. The fraction of sp³-hybridized carbons (Fsp3) is 0.733. The van der Waals surface area contributed by atoms with Gasteiger partial charge in [0.25, 0.3) is 0 Å². The molecular weight excluding hydrogens is 318 g/mol. The Bertz CT molecular complexity index is 706. The minimum Gasteiger partial charge on any atom is -0.487 e. The fourth-order valence-corrected chi connectivity index (χ4v) is 5.48. The molecule has 126 valence electrons. The predicted octanol–water partition coefficient (Wildman–Crippen LogP) is 0.379. The van der Waals surface area contributed by atoms with Gasteiger partial charge < -0.3 is 14.4 Å². The van der Waals surface area contributed by atoms with Crippen molar-refractivity contribution in [3.63, 3.8) is 0 Å². The molecule has 3 aliphatic heterocycles. The highest BCUT2D eigenvalue weighted by Crippen LogP contribution is 2.47. The van der Waals surface area contributed by atoms with E-state index in [-0.39, 0.29) is 6.04 Å². The van der Waals surface area contributed by atoms with Gasteiger partial charge in [0.1, 0.15) is 12.9 Å². The smallest absolute Gasteiger partial charge is 0.173 e. The molecular formula is C15H21N3O4S. The molecule has 3 fully saturated rings. The van der Waals surface area contributed by atoms with Gasteiger partial charge in [-0.15, -0.1) is 0 Å². The van der Waals surface area contributed by atoms with Crippen molar-refractivity contribution in [2.75, 3.05) is 39.2 Å². The average molecular weight is 339 g/mol. The normalized spacial score (nSPS) is 29.7. The first-order valence-corrected chi connectivity index (χ1v) is 9.89. The maximum atomic E-state index is 12.5. The molecule has 0 spiro atoms. The first-order chi connectivity index (χ1) is 11.0. The van der Waals surface area contributed by atoms with E-state index in [0.29, 0.717) is 45.0 Å². The second-order valence-corrected chi connectivity index (χ2v) is 8.90. The molecule has 4 rings (SSSR count). The minimum atomic E-state index is -3.23. The van der Waals surface area contributed by atoms with Crippen LogP contribution in [-0.2, 0) is 19.3 Å². The van der Waals surface area contributed by atoms with E-state index in [0.717, 1.165) is 24.4 Å². The lowest BCUT2D eigenvalue weighted by atomic mass is 9.77. The highest BCUT2D eigenvalue weighted by Gasteiger charge is 2.52. The quantitative estimate of drug-likeness (QED) is 0.726. The van der Waals surface area contributed by atoms with Crippen LogP contribution in [-0.4, -0.2) is 75.4 Å². The number of aliphatic imine (C=N–C) groups is 2. The molecule has 1 saturated carbocycles. The first kappa shape index (κ1) is 15.1. The van der Waals surface area contributed by atoms with E-state index in [9.17, 15) is 8.42 Å². The van der Waals surface area contributed by atoms with Gasteiger partial charge in [-0.25, -0.2) is 13.4 Å². The lowest BCUT2D eigenvalue weighted by molar-refractivity contribution is -0.0158. The predicted molar refractivity (Wildman–Crippen MR) is 86.5 cm³/mol. The molecule has 0 unspecified atom stereocenters. The third-order valence-electron chi connectivity index (χ3n) is 5.33. The average Bonchev–Trinajstić information content (AvgIpc) is 2.68. The summed E-state index contributed by atoms with van der Waals surface area (Å²) >= 11 is 0. The van der Waals surface area contributed by atoms with Gasteiger partial charge >= 0.3 is 0 Å². The number of sulfone groups is 1. The Morgan fingerprint density at radius 1 is 1.35 bits per heavy atom. The van der Waals surface area contributed by atoms with Crippen molar-refractivity contribution in [2.45, 2.75) is 30.1 Å². The SMILES string of the molecule is CS(=O)(=O)C1(C2=C3OC[C@@H]4COCCN4C3=NC=NC2)CCC1. The summed E-state index contributed by atoms with van der Waals surface area (Å²) in [6, 6.07) is 0.134. The summed E-state index contributed by atoms with van der Waals surface area (Å²) in [5.74, 6) is 1.35. The zero-order valence-corrected chi connectivity index (χ0v) is 14.0. The Kier molecular flexibility index (Phi) is 3.49. The van der Waals surface area contributed by atoms with Gasteiger partial charge in [-0.1, -0.05) is 0 Å². The van der Waals surface area contributed by atoms with E-state index in [1.165, 1.54) is 12.6 Å². The molecule has 0 radical (unpaired) electrons. The summed E-state index contributed by atoms with van der Waals surface area (Å²) in [5.41, 5.74) is 0.781. The summed E-state index contributed by atoms with van der Waals surface area (Å²) in [6.07, 6.45) is 5.05. The number of hydrogen-bond donors (Lipinski definition) is 0. The molecule has 0 amide bonds. The molecule has 0 N–H and O–H groups in total. The largest absolute Gasteiger partial charge is 0.487 e. The van der Waals surface area contributed by atoms with Crippen molar-refractivity contribution in [1.29, 1.82) is 0 Å². The monoisotopic (exact) mass is 339 g/mol. The molecule has 0 aromatic rings. The molecule has 8 heteroatoms. The summed E-state index contributed by atoms with van der Waals surface area (Å²) in [4.78, 5) is 10.9. The topological polar surface area (TPSA) is 80.6 Å². The number of ether oxygens (including phenoxy) is 2. The molecule has 3 heterocycles. The van der Waals surface area contributed by atoms with Crippen LogP contribution in [0.15, 0.2) is 21.3 Å². The third-order valence-corrected chi connectivity index (χ3v) is 7.40. The van der Waals surface area contributed by atoms with Gasteiger partial charge in [-0.3, -0.25) is 4.99 Å². The molecule has 7 nitrogen and oxygen atoms in total. The van der Waals surface area contributed by atoms with Gasteiger partial charge in [-0.2, -0.15) is 0 Å². The second-order valence-electron chi connectivity index (χ2n) is 6.57. The lowest BCUT2D eigenvalue weighted by Crippen LogP contribution is -2.56. The van der Waals surface area contributed by atoms with Crippen molar-refractivity contribution in [3.8, 4) is 0 Å². The van der Waals surface area contributed by atoms with E-state index < -0.39 is 14.6 Å². The summed E-state index contributed by atoms with van der Waals surface area (Å²) in [5, 5.41) is 0. The van der Waals surface area contributed by atoms with Gasteiger partial charge in [0.15, 0.2) is 21.4 Å². The molecule has 1 atom stereocenters.